The van der Waals surface area contributed by atoms with E-state index in [1.165, 1.54) is 4.88 Å². The van der Waals surface area contributed by atoms with Crippen LogP contribution < -0.4 is 5.73 Å². The van der Waals surface area contributed by atoms with Gasteiger partial charge in [-0.1, -0.05) is 6.07 Å². The van der Waals surface area contributed by atoms with Crippen LogP contribution in [0.1, 0.15) is 30.6 Å². The van der Waals surface area contributed by atoms with Crippen LogP contribution in [0.3, 0.4) is 0 Å². The first kappa shape index (κ1) is 14.5. The highest BCUT2D eigenvalue weighted by Crippen LogP contribution is 2.29. The van der Waals surface area contributed by atoms with Gasteiger partial charge < -0.3 is 15.4 Å². The number of carbonyl (C=O) groups excluding carboxylic acids is 1. The van der Waals surface area contributed by atoms with Gasteiger partial charge in [0.2, 0.25) is 5.91 Å². The van der Waals surface area contributed by atoms with Gasteiger partial charge in [0.25, 0.3) is 0 Å². The third kappa shape index (κ3) is 4.30. The van der Waals surface area contributed by atoms with Crippen molar-refractivity contribution < 1.29 is 9.53 Å². The van der Waals surface area contributed by atoms with Crippen LogP contribution in [0.2, 0.25) is 0 Å². The molecule has 2 rings (SSSR count). The van der Waals surface area contributed by atoms with Gasteiger partial charge in [0.05, 0.1) is 12.6 Å². The fourth-order valence-electron chi connectivity index (χ4n) is 2.13. The molecule has 1 amide bonds. The molecule has 0 radical (unpaired) electrons. The predicted octanol–water partition coefficient (Wildman–Crippen LogP) is 1.99. The minimum atomic E-state index is -0.393. The summed E-state index contributed by atoms with van der Waals surface area (Å²) in [6.45, 7) is 1.37. The number of hydrogen-bond donors (Lipinski definition) is 1. The molecule has 1 aliphatic carbocycles. The van der Waals surface area contributed by atoms with Crippen molar-refractivity contribution in [2.45, 2.75) is 44.3 Å². The van der Waals surface area contributed by atoms with Crippen LogP contribution in [0.25, 0.3) is 0 Å². The molecule has 0 saturated heterocycles. The Morgan fingerprint density at radius 1 is 1.63 bits per heavy atom. The number of amides is 1. The predicted molar refractivity (Wildman–Crippen MR) is 77.0 cm³/mol. The minimum Gasteiger partial charge on any atom is -0.385 e. The van der Waals surface area contributed by atoms with Crippen molar-refractivity contribution in [2.24, 2.45) is 5.73 Å². The van der Waals surface area contributed by atoms with E-state index in [-0.39, 0.29) is 5.91 Å². The highest BCUT2D eigenvalue weighted by Gasteiger charge is 2.34. The summed E-state index contributed by atoms with van der Waals surface area (Å²) in [6.07, 6.45) is 3.76. The van der Waals surface area contributed by atoms with E-state index in [1.54, 1.807) is 18.4 Å². The van der Waals surface area contributed by atoms with Crippen molar-refractivity contribution in [3.63, 3.8) is 0 Å². The van der Waals surface area contributed by atoms with Crippen LogP contribution in [0.4, 0.5) is 0 Å². The Morgan fingerprint density at radius 3 is 3.00 bits per heavy atom. The minimum absolute atomic E-state index is 0.0898. The van der Waals surface area contributed by atoms with Crippen molar-refractivity contribution in [2.75, 3.05) is 13.7 Å². The van der Waals surface area contributed by atoms with Crippen molar-refractivity contribution in [3.8, 4) is 0 Å². The second-order valence-corrected chi connectivity index (χ2v) is 6.05. The molecular formula is C14H22N2O2S. The van der Waals surface area contributed by atoms with Gasteiger partial charge in [-0.05, 0) is 37.1 Å². The average molecular weight is 282 g/mol. The normalized spacial score (nSPS) is 16.3. The molecule has 1 aliphatic rings. The highest BCUT2D eigenvalue weighted by molar-refractivity contribution is 7.09. The van der Waals surface area contributed by atoms with E-state index < -0.39 is 6.04 Å². The second-order valence-electron chi connectivity index (χ2n) is 5.02. The maximum Gasteiger partial charge on any atom is 0.240 e. The number of nitrogens with two attached hydrogens (primary N) is 1. The van der Waals surface area contributed by atoms with Crippen LogP contribution in [0.15, 0.2) is 17.5 Å². The number of methoxy groups -OCH3 is 1. The zero-order valence-electron chi connectivity index (χ0n) is 11.4. The van der Waals surface area contributed by atoms with E-state index in [4.69, 9.17) is 10.5 Å². The summed E-state index contributed by atoms with van der Waals surface area (Å²) in [5.41, 5.74) is 6.01. The number of carbonyl (C=O) groups is 1. The highest BCUT2D eigenvalue weighted by atomic mass is 32.1. The number of thiophene rings is 1. The van der Waals surface area contributed by atoms with Gasteiger partial charge in [-0.2, -0.15) is 0 Å². The third-order valence-corrected chi connectivity index (χ3v) is 4.22. The van der Waals surface area contributed by atoms with Crippen molar-refractivity contribution in [3.05, 3.63) is 22.4 Å². The zero-order chi connectivity index (χ0) is 13.7. The second kappa shape index (κ2) is 7.03. The molecule has 106 valence electrons. The quantitative estimate of drug-likeness (QED) is 0.742. The number of ether oxygens (including phenoxy) is 1. The van der Waals surface area contributed by atoms with E-state index in [0.29, 0.717) is 25.6 Å². The van der Waals surface area contributed by atoms with E-state index in [1.807, 2.05) is 16.3 Å². The molecule has 0 bridgehead atoms. The van der Waals surface area contributed by atoms with Crippen LogP contribution in [-0.2, 0) is 16.1 Å². The first-order chi connectivity index (χ1) is 9.22. The smallest absolute Gasteiger partial charge is 0.240 e. The van der Waals surface area contributed by atoms with Gasteiger partial charge in [-0.3, -0.25) is 4.79 Å². The fraction of sp³-hybridized carbons (Fsp3) is 0.643. The van der Waals surface area contributed by atoms with Gasteiger partial charge in [0.1, 0.15) is 0 Å². The Morgan fingerprint density at radius 2 is 2.42 bits per heavy atom. The van der Waals surface area contributed by atoms with Gasteiger partial charge in [0.15, 0.2) is 0 Å². The van der Waals surface area contributed by atoms with Crippen LogP contribution in [0.5, 0.6) is 0 Å². The summed E-state index contributed by atoms with van der Waals surface area (Å²) in [5, 5.41) is 2.05. The SMILES string of the molecule is COCCCC(N)C(=O)N(Cc1cccs1)C1CC1. The summed E-state index contributed by atoms with van der Waals surface area (Å²) in [6, 6.07) is 4.11. The summed E-state index contributed by atoms with van der Waals surface area (Å²) < 4.78 is 5.00. The molecule has 0 aliphatic heterocycles. The summed E-state index contributed by atoms with van der Waals surface area (Å²) in [4.78, 5) is 15.6. The maximum absolute atomic E-state index is 12.4. The Balaban J connectivity index is 1.89. The Labute approximate surface area is 118 Å². The summed E-state index contributed by atoms with van der Waals surface area (Å²) in [7, 11) is 1.67. The number of rotatable bonds is 8. The van der Waals surface area contributed by atoms with E-state index >= 15 is 0 Å². The lowest BCUT2D eigenvalue weighted by molar-refractivity contribution is -0.134. The van der Waals surface area contributed by atoms with E-state index in [2.05, 4.69) is 6.07 Å². The first-order valence-electron chi connectivity index (χ1n) is 6.79. The van der Waals surface area contributed by atoms with E-state index in [9.17, 15) is 4.79 Å². The molecule has 19 heavy (non-hydrogen) atoms. The summed E-state index contributed by atoms with van der Waals surface area (Å²) >= 11 is 1.69. The molecule has 1 fully saturated rings. The molecule has 1 heterocycles. The lowest BCUT2D eigenvalue weighted by Gasteiger charge is -2.25. The largest absolute Gasteiger partial charge is 0.385 e. The van der Waals surface area contributed by atoms with Crippen molar-refractivity contribution >= 4 is 17.2 Å². The Bertz CT molecular complexity index is 390. The van der Waals surface area contributed by atoms with Crippen molar-refractivity contribution in [1.29, 1.82) is 0 Å². The summed E-state index contributed by atoms with van der Waals surface area (Å²) in [5.74, 6) is 0.0898. The Kier molecular flexibility index (Phi) is 5.36. The lowest BCUT2D eigenvalue weighted by atomic mass is 10.1. The van der Waals surface area contributed by atoms with Gasteiger partial charge >= 0.3 is 0 Å². The van der Waals surface area contributed by atoms with Crippen LogP contribution >= 0.6 is 11.3 Å². The fourth-order valence-corrected chi connectivity index (χ4v) is 2.83. The monoisotopic (exact) mass is 282 g/mol. The molecular weight excluding hydrogens is 260 g/mol. The molecule has 4 nitrogen and oxygen atoms in total. The molecule has 0 spiro atoms. The lowest BCUT2D eigenvalue weighted by Crippen LogP contribution is -2.44. The topological polar surface area (TPSA) is 55.6 Å². The maximum atomic E-state index is 12.4. The molecule has 1 aromatic heterocycles. The standard InChI is InChI=1S/C14H22N2O2S/c1-18-8-2-5-13(15)14(17)16(11-6-7-11)10-12-4-3-9-19-12/h3-4,9,11,13H,2,5-8,10,15H2,1H3. The first-order valence-corrected chi connectivity index (χ1v) is 7.67. The van der Waals surface area contributed by atoms with Crippen LogP contribution in [-0.4, -0.2) is 36.6 Å². The third-order valence-electron chi connectivity index (χ3n) is 3.36. The number of nitrogens with zero attached hydrogens (tertiary/aromatic N) is 1. The van der Waals surface area contributed by atoms with Crippen LogP contribution in [0, 0.1) is 0 Å². The average Bonchev–Trinajstić information content (AvgIpc) is 3.12. The van der Waals surface area contributed by atoms with E-state index in [0.717, 1.165) is 19.3 Å². The molecule has 1 aromatic rings. The molecule has 1 unspecified atom stereocenters. The van der Waals surface area contributed by atoms with Crippen molar-refractivity contribution in [1.82, 2.24) is 4.90 Å². The van der Waals surface area contributed by atoms with Gasteiger partial charge in [-0.15, -0.1) is 11.3 Å². The molecule has 5 heteroatoms. The molecule has 0 aromatic carbocycles. The number of hydrogen-bond acceptors (Lipinski definition) is 4. The molecule has 1 saturated carbocycles. The molecule has 1 atom stereocenters. The van der Waals surface area contributed by atoms with Gasteiger partial charge in [-0.25, -0.2) is 0 Å². The van der Waals surface area contributed by atoms with Gasteiger partial charge in [0, 0.05) is 24.6 Å². The zero-order valence-corrected chi connectivity index (χ0v) is 12.2. The Hall–Kier alpha value is -0.910. The molecule has 2 N–H and O–H groups in total.